The molecule has 6 heteroatoms. The monoisotopic (exact) mass is 502 g/mol. The first-order chi connectivity index (χ1) is 18.0. The average Bonchev–Trinajstić information content (AvgIpc) is 3.14. The molecule has 194 valence electrons. The highest BCUT2D eigenvalue weighted by Crippen LogP contribution is 2.49. The van der Waals surface area contributed by atoms with Crippen LogP contribution in [-0.4, -0.2) is 64.9 Å². The zero-order valence-corrected chi connectivity index (χ0v) is 21.5. The Morgan fingerprint density at radius 3 is 2.22 bits per heavy atom. The number of rotatable bonds is 4. The molecule has 5 rings (SSSR count). The summed E-state index contributed by atoms with van der Waals surface area (Å²) in [7, 11) is 0. The van der Waals surface area contributed by atoms with Crippen molar-refractivity contribution in [3.8, 4) is 22.3 Å². The Morgan fingerprint density at radius 2 is 1.43 bits per heavy atom. The van der Waals surface area contributed by atoms with E-state index in [1.54, 1.807) is 0 Å². The lowest BCUT2D eigenvalue weighted by molar-refractivity contribution is -0.0831. The van der Waals surface area contributed by atoms with Gasteiger partial charge in [0.25, 0.3) is 0 Å². The van der Waals surface area contributed by atoms with Crippen LogP contribution in [-0.2, 0) is 29.1 Å². The third kappa shape index (κ3) is 5.78. The summed E-state index contributed by atoms with van der Waals surface area (Å²) in [6.45, 7) is 7.88. The minimum Gasteiger partial charge on any atom is -0.459 e. The molecular weight excluding hydrogens is 468 g/mol. The third-order valence-corrected chi connectivity index (χ3v) is 7.07. The molecule has 1 atom stereocenters. The number of hydrogen-bond donors (Lipinski definition) is 0. The lowest BCUT2D eigenvalue weighted by Gasteiger charge is -2.22. The fourth-order valence-corrected chi connectivity index (χ4v) is 5.01. The average molecular weight is 503 g/mol. The van der Waals surface area contributed by atoms with Gasteiger partial charge < -0.3 is 23.7 Å². The number of carbonyl (C=O) groups is 1. The van der Waals surface area contributed by atoms with Crippen molar-refractivity contribution in [3.63, 3.8) is 0 Å². The van der Waals surface area contributed by atoms with E-state index in [1.807, 2.05) is 24.3 Å². The highest BCUT2D eigenvalue weighted by atomic mass is 16.6. The van der Waals surface area contributed by atoms with Crippen LogP contribution in [0, 0.1) is 0 Å². The summed E-state index contributed by atoms with van der Waals surface area (Å²) in [5.74, 6) is -0.383. The maximum atomic E-state index is 12.7. The van der Waals surface area contributed by atoms with E-state index in [4.69, 9.17) is 23.7 Å². The molecule has 0 amide bonds. The van der Waals surface area contributed by atoms with Crippen molar-refractivity contribution in [2.45, 2.75) is 25.4 Å². The lowest BCUT2D eigenvalue weighted by Crippen LogP contribution is -2.30. The maximum Gasteiger partial charge on any atom is 0.338 e. The van der Waals surface area contributed by atoms with Crippen molar-refractivity contribution >= 4 is 5.97 Å². The minimum absolute atomic E-state index is 0.0515. The van der Waals surface area contributed by atoms with Crippen molar-refractivity contribution in [1.82, 2.24) is 0 Å². The number of ether oxygens (including phenoxy) is 5. The second kappa shape index (κ2) is 11.6. The lowest BCUT2D eigenvalue weighted by atomic mass is 9.81. The fourth-order valence-electron chi connectivity index (χ4n) is 5.01. The number of hydrogen-bond acceptors (Lipinski definition) is 6. The highest BCUT2D eigenvalue weighted by molar-refractivity contribution is 5.90. The molecule has 0 bridgehead atoms. The van der Waals surface area contributed by atoms with Gasteiger partial charge in [-0.15, -0.1) is 0 Å². The summed E-state index contributed by atoms with van der Waals surface area (Å²) in [4.78, 5) is 12.7. The van der Waals surface area contributed by atoms with Crippen LogP contribution in [0.5, 0.6) is 0 Å². The summed E-state index contributed by atoms with van der Waals surface area (Å²) in [5, 5.41) is 0. The molecule has 1 saturated heterocycles. The molecule has 0 radical (unpaired) electrons. The molecule has 1 aliphatic heterocycles. The van der Waals surface area contributed by atoms with E-state index >= 15 is 0 Å². The first-order valence-electron chi connectivity index (χ1n) is 12.9. The van der Waals surface area contributed by atoms with Crippen LogP contribution in [0.1, 0.15) is 35.3 Å². The van der Waals surface area contributed by atoms with Gasteiger partial charge in [0.15, 0.2) is 0 Å². The Labute approximate surface area is 218 Å². The molecule has 2 aliphatic rings. The van der Waals surface area contributed by atoms with Crippen molar-refractivity contribution in [1.29, 1.82) is 0 Å². The van der Waals surface area contributed by atoms with E-state index < -0.39 is 0 Å². The summed E-state index contributed by atoms with van der Waals surface area (Å²) < 4.78 is 27.8. The SMILES string of the molecule is CC1(C)c2ccccc2-c2ccc(-c3ccc(C(=O)OCC4COCCOCCOCCO4)cc3)cc21. The summed E-state index contributed by atoms with van der Waals surface area (Å²) in [5.41, 5.74) is 7.93. The van der Waals surface area contributed by atoms with E-state index in [1.165, 1.54) is 22.3 Å². The summed E-state index contributed by atoms with van der Waals surface area (Å²) in [6, 6.07) is 22.8. The normalized spacial score (nSPS) is 19.7. The number of fused-ring (bicyclic) bond motifs is 3. The number of carbonyl (C=O) groups excluding carboxylic acids is 1. The summed E-state index contributed by atoms with van der Waals surface area (Å²) >= 11 is 0. The highest BCUT2D eigenvalue weighted by Gasteiger charge is 2.35. The van der Waals surface area contributed by atoms with Crippen molar-refractivity contribution in [2.75, 3.05) is 52.9 Å². The van der Waals surface area contributed by atoms with Crippen LogP contribution in [0.15, 0.2) is 66.7 Å². The van der Waals surface area contributed by atoms with Crippen LogP contribution in [0.2, 0.25) is 0 Å². The van der Waals surface area contributed by atoms with Gasteiger partial charge in [0.1, 0.15) is 12.7 Å². The Morgan fingerprint density at radius 1 is 0.784 bits per heavy atom. The molecule has 1 aliphatic carbocycles. The van der Waals surface area contributed by atoms with E-state index in [2.05, 4.69) is 56.3 Å². The molecule has 3 aromatic carbocycles. The maximum absolute atomic E-state index is 12.7. The van der Waals surface area contributed by atoms with Crippen molar-refractivity contribution < 1.29 is 28.5 Å². The van der Waals surface area contributed by atoms with Gasteiger partial charge in [-0.2, -0.15) is 0 Å². The van der Waals surface area contributed by atoms with Gasteiger partial charge >= 0.3 is 5.97 Å². The molecule has 0 N–H and O–H groups in total. The summed E-state index contributed by atoms with van der Waals surface area (Å²) in [6.07, 6.45) is -0.356. The zero-order valence-electron chi connectivity index (χ0n) is 21.5. The van der Waals surface area contributed by atoms with Gasteiger partial charge in [-0.1, -0.05) is 62.4 Å². The quantitative estimate of drug-likeness (QED) is 0.453. The second-order valence-corrected chi connectivity index (χ2v) is 9.90. The Hall–Kier alpha value is -3.03. The largest absolute Gasteiger partial charge is 0.459 e. The van der Waals surface area contributed by atoms with Crippen LogP contribution in [0.3, 0.4) is 0 Å². The van der Waals surface area contributed by atoms with Gasteiger partial charge in [0.05, 0.1) is 51.8 Å². The van der Waals surface area contributed by atoms with Gasteiger partial charge in [0, 0.05) is 5.41 Å². The van der Waals surface area contributed by atoms with Crippen LogP contribution in [0.4, 0.5) is 0 Å². The first kappa shape index (κ1) is 25.6. The molecule has 6 nitrogen and oxygen atoms in total. The number of benzene rings is 3. The third-order valence-electron chi connectivity index (χ3n) is 7.07. The molecular formula is C31H34O6. The molecule has 1 heterocycles. The van der Waals surface area contributed by atoms with Crippen LogP contribution < -0.4 is 0 Å². The zero-order chi connectivity index (χ0) is 25.7. The molecule has 3 aromatic rings. The van der Waals surface area contributed by atoms with E-state index in [0.29, 0.717) is 51.8 Å². The van der Waals surface area contributed by atoms with E-state index in [-0.39, 0.29) is 24.1 Å². The van der Waals surface area contributed by atoms with Crippen molar-refractivity contribution in [2.24, 2.45) is 0 Å². The van der Waals surface area contributed by atoms with Gasteiger partial charge in [-0.05, 0) is 51.6 Å². The molecule has 0 spiro atoms. The van der Waals surface area contributed by atoms with Crippen LogP contribution >= 0.6 is 0 Å². The Balaban J connectivity index is 1.22. The fraction of sp³-hybridized carbons (Fsp3) is 0.387. The molecule has 37 heavy (non-hydrogen) atoms. The van der Waals surface area contributed by atoms with E-state index in [0.717, 1.165) is 11.1 Å². The Kier molecular flexibility index (Phi) is 8.01. The second-order valence-electron chi connectivity index (χ2n) is 9.90. The predicted octanol–water partition coefficient (Wildman–Crippen LogP) is 5.27. The molecule has 0 aromatic heterocycles. The van der Waals surface area contributed by atoms with Gasteiger partial charge in [-0.25, -0.2) is 4.79 Å². The van der Waals surface area contributed by atoms with Crippen molar-refractivity contribution in [3.05, 3.63) is 83.4 Å². The number of esters is 1. The van der Waals surface area contributed by atoms with Gasteiger partial charge in [0.2, 0.25) is 0 Å². The molecule has 1 fully saturated rings. The minimum atomic E-state index is -0.383. The van der Waals surface area contributed by atoms with E-state index in [9.17, 15) is 4.79 Å². The molecule has 0 saturated carbocycles. The standard InChI is InChI=1S/C31H34O6/c1-31(2)28-6-4-3-5-26(28)27-12-11-24(19-29(27)31)22-7-9-23(10-8-22)30(32)37-21-25-20-35-16-15-33-13-14-34-17-18-36-25/h3-12,19,25H,13-18,20-21H2,1-2H3. The predicted molar refractivity (Wildman–Crippen MR) is 142 cm³/mol. The topological polar surface area (TPSA) is 63.2 Å². The van der Waals surface area contributed by atoms with Gasteiger partial charge in [-0.3, -0.25) is 0 Å². The van der Waals surface area contributed by atoms with Crippen LogP contribution in [0.25, 0.3) is 22.3 Å². The smallest absolute Gasteiger partial charge is 0.338 e. The first-order valence-corrected chi connectivity index (χ1v) is 12.9. The molecule has 1 unspecified atom stereocenters. The Bertz CT molecular complexity index is 1200.